The summed E-state index contributed by atoms with van der Waals surface area (Å²) in [7, 11) is 1.32. The van der Waals surface area contributed by atoms with Crippen LogP contribution in [0.1, 0.15) is 35.8 Å². The molecule has 0 heterocycles. The maximum atomic E-state index is 12.3. The summed E-state index contributed by atoms with van der Waals surface area (Å²) in [5, 5.41) is 3.01. The second-order valence-corrected chi connectivity index (χ2v) is 6.98. The average Bonchev–Trinajstić information content (AvgIpc) is 2.64. The Morgan fingerprint density at radius 1 is 1.12 bits per heavy atom. The summed E-state index contributed by atoms with van der Waals surface area (Å²) in [6, 6.07) is 14.6. The van der Waals surface area contributed by atoms with Gasteiger partial charge in [0, 0.05) is 0 Å². The zero-order valence-corrected chi connectivity index (χ0v) is 16.6. The molecule has 0 aromatic heterocycles. The molecule has 138 valence electrons. The molecule has 2 aromatic carbocycles. The van der Waals surface area contributed by atoms with Crippen LogP contribution in [-0.2, 0) is 9.53 Å². The number of hydrogen-bond acceptors (Lipinski definition) is 4. The summed E-state index contributed by atoms with van der Waals surface area (Å²) in [6.45, 7) is 3.99. The number of halogens is 1. The zero-order valence-electron chi connectivity index (χ0n) is 15.0. The minimum absolute atomic E-state index is 0.0857. The summed E-state index contributed by atoms with van der Waals surface area (Å²) < 4.78 is 10.8. The lowest BCUT2D eigenvalue weighted by Gasteiger charge is -2.23. The predicted octanol–water partition coefficient (Wildman–Crippen LogP) is 4.13. The van der Waals surface area contributed by atoms with Crippen molar-refractivity contribution >= 4 is 27.8 Å². The van der Waals surface area contributed by atoms with Gasteiger partial charge in [-0.25, -0.2) is 4.79 Å². The first-order chi connectivity index (χ1) is 12.4. The van der Waals surface area contributed by atoms with Crippen molar-refractivity contribution in [1.82, 2.24) is 5.32 Å². The van der Waals surface area contributed by atoms with Crippen LogP contribution < -0.4 is 10.1 Å². The molecule has 0 aliphatic rings. The van der Waals surface area contributed by atoms with E-state index < -0.39 is 5.97 Å². The summed E-state index contributed by atoms with van der Waals surface area (Å²) in [6.07, 6.45) is 0. The summed E-state index contributed by atoms with van der Waals surface area (Å²) in [5.41, 5.74) is 1.46. The standard InChI is InChI=1S/C20H22BrNO4/c1-13(2)19(14-7-5-4-6-8-14)22-18(23)12-26-17-10-9-15(11-16(17)21)20(24)25-3/h4-11,13,19H,12H2,1-3H3,(H,22,23)/t19-/m1/s1. The maximum absolute atomic E-state index is 12.3. The van der Waals surface area contributed by atoms with Crippen molar-refractivity contribution < 1.29 is 19.1 Å². The molecule has 2 rings (SSSR count). The Kier molecular flexibility index (Phi) is 7.21. The number of rotatable bonds is 7. The number of esters is 1. The van der Waals surface area contributed by atoms with Crippen LogP contribution in [0.3, 0.4) is 0 Å². The summed E-state index contributed by atoms with van der Waals surface area (Å²) in [5.74, 6) is 0.0789. The van der Waals surface area contributed by atoms with Gasteiger partial charge in [0.2, 0.25) is 0 Å². The van der Waals surface area contributed by atoms with Crippen molar-refractivity contribution in [3.05, 3.63) is 64.1 Å². The lowest BCUT2D eigenvalue weighted by Crippen LogP contribution is -2.35. The van der Waals surface area contributed by atoms with E-state index in [0.717, 1.165) is 5.56 Å². The number of nitrogens with one attached hydrogen (secondary N) is 1. The molecule has 0 saturated carbocycles. The molecule has 1 atom stereocenters. The number of carbonyl (C=O) groups excluding carboxylic acids is 2. The Labute approximate surface area is 161 Å². The predicted molar refractivity (Wildman–Crippen MR) is 103 cm³/mol. The third-order valence-corrected chi connectivity index (χ3v) is 4.47. The fourth-order valence-corrected chi connectivity index (χ4v) is 3.01. The Hall–Kier alpha value is -2.34. The normalized spacial score (nSPS) is 11.7. The van der Waals surface area contributed by atoms with E-state index in [2.05, 4.69) is 39.8 Å². The number of carbonyl (C=O) groups is 2. The average molecular weight is 420 g/mol. The highest BCUT2D eigenvalue weighted by molar-refractivity contribution is 9.10. The van der Waals surface area contributed by atoms with E-state index in [-0.39, 0.29) is 24.5 Å². The number of amides is 1. The van der Waals surface area contributed by atoms with Crippen molar-refractivity contribution in [3.8, 4) is 5.75 Å². The van der Waals surface area contributed by atoms with E-state index in [1.807, 2.05) is 30.3 Å². The molecular formula is C20H22BrNO4. The molecule has 0 aliphatic heterocycles. The van der Waals surface area contributed by atoms with Crippen LogP contribution in [0.2, 0.25) is 0 Å². The van der Waals surface area contributed by atoms with Gasteiger partial charge in [0.25, 0.3) is 5.91 Å². The van der Waals surface area contributed by atoms with Gasteiger partial charge >= 0.3 is 5.97 Å². The molecule has 0 spiro atoms. The van der Waals surface area contributed by atoms with Crippen LogP contribution in [0.4, 0.5) is 0 Å². The van der Waals surface area contributed by atoms with Crippen LogP contribution in [0, 0.1) is 5.92 Å². The van der Waals surface area contributed by atoms with E-state index in [1.165, 1.54) is 7.11 Å². The number of benzene rings is 2. The second kappa shape index (κ2) is 9.38. The van der Waals surface area contributed by atoms with Gasteiger partial charge in [-0.05, 0) is 45.6 Å². The molecule has 26 heavy (non-hydrogen) atoms. The molecule has 6 heteroatoms. The van der Waals surface area contributed by atoms with Crippen LogP contribution in [0.15, 0.2) is 53.0 Å². The number of ether oxygens (including phenoxy) is 2. The lowest BCUT2D eigenvalue weighted by atomic mass is 9.96. The molecule has 0 saturated heterocycles. The van der Waals surface area contributed by atoms with Crippen molar-refractivity contribution in [3.63, 3.8) is 0 Å². The van der Waals surface area contributed by atoms with Gasteiger partial charge in [0.15, 0.2) is 6.61 Å². The highest BCUT2D eigenvalue weighted by Crippen LogP contribution is 2.26. The highest BCUT2D eigenvalue weighted by atomic mass is 79.9. The van der Waals surface area contributed by atoms with Gasteiger partial charge in [0.1, 0.15) is 5.75 Å². The topological polar surface area (TPSA) is 64.6 Å². The number of hydrogen-bond donors (Lipinski definition) is 1. The Bertz CT molecular complexity index is 762. The minimum atomic E-state index is -0.433. The first-order valence-electron chi connectivity index (χ1n) is 8.27. The highest BCUT2D eigenvalue weighted by Gasteiger charge is 2.18. The van der Waals surface area contributed by atoms with E-state index in [9.17, 15) is 9.59 Å². The van der Waals surface area contributed by atoms with E-state index in [0.29, 0.717) is 15.8 Å². The molecule has 0 bridgehead atoms. The largest absolute Gasteiger partial charge is 0.483 e. The Morgan fingerprint density at radius 3 is 2.38 bits per heavy atom. The third kappa shape index (κ3) is 5.33. The van der Waals surface area contributed by atoms with Crippen LogP contribution in [0.25, 0.3) is 0 Å². The minimum Gasteiger partial charge on any atom is -0.483 e. The van der Waals surface area contributed by atoms with Crippen LogP contribution >= 0.6 is 15.9 Å². The van der Waals surface area contributed by atoms with Crippen molar-refractivity contribution in [1.29, 1.82) is 0 Å². The molecule has 0 fully saturated rings. The molecule has 0 aliphatic carbocycles. The Morgan fingerprint density at radius 2 is 1.81 bits per heavy atom. The SMILES string of the molecule is COC(=O)c1ccc(OCC(=O)N[C@@H](c2ccccc2)C(C)C)c(Br)c1. The first kappa shape index (κ1) is 20.0. The second-order valence-electron chi connectivity index (χ2n) is 6.13. The quantitative estimate of drug-likeness (QED) is 0.685. The van der Waals surface area contributed by atoms with Crippen molar-refractivity contribution in [2.75, 3.05) is 13.7 Å². The fraction of sp³-hybridized carbons (Fsp3) is 0.300. The maximum Gasteiger partial charge on any atom is 0.337 e. The zero-order chi connectivity index (χ0) is 19.1. The van der Waals surface area contributed by atoms with Crippen molar-refractivity contribution in [2.45, 2.75) is 19.9 Å². The van der Waals surface area contributed by atoms with Gasteiger partial charge in [-0.1, -0.05) is 44.2 Å². The third-order valence-electron chi connectivity index (χ3n) is 3.85. The molecule has 0 radical (unpaired) electrons. The smallest absolute Gasteiger partial charge is 0.337 e. The lowest BCUT2D eigenvalue weighted by molar-refractivity contribution is -0.124. The monoisotopic (exact) mass is 419 g/mol. The van der Waals surface area contributed by atoms with Gasteiger partial charge in [-0.15, -0.1) is 0 Å². The van der Waals surface area contributed by atoms with Gasteiger partial charge in [-0.3, -0.25) is 4.79 Å². The van der Waals surface area contributed by atoms with Crippen LogP contribution in [0.5, 0.6) is 5.75 Å². The summed E-state index contributed by atoms with van der Waals surface area (Å²) >= 11 is 3.34. The molecule has 0 unspecified atom stereocenters. The Balaban J connectivity index is 1.98. The fourth-order valence-electron chi connectivity index (χ4n) is 2.52. The van der Waals surface area contributed by atoms with Gasteiger partial charge < -0.3 is 14.8 Å². The molecular weight excluding hydrogens is 398 g/mol. The van der Waals surface area contributed by atoms with Crippen molar-refractivity contribution in [2.24, 2.45) is 5.92 Å². The van der Waals surface area contributed by atoms with E-state index >= 15 is 0 Å². The van der Waals surface area contributed by atoms with Gasteiger partial charge in [-0.2, -0.15) is 0 Å². The van der Waals surface area contributed by atoms with E-state index in [4.69, 9.17) is 4.74 Å². The molecule has 2 aromatic rings. The van der Waals surface area contributed by atoms with Crippen LogP contribution in [-0.4, -0.2) is 25.6 Å². The van der Waals surface area contributed by atoms with E-state index in [1.54, 1.807) is 18.2 Å². The molecule has 1 amide bonds. The first-order valence-corrected chi connectivity index (χ1v) is 9.06. The summed E-state index contributed by atoms with van der Waals surface area (Å²) in [4.78, 5) is 23.8. The molecule has 1 N–H and O–H groups in total. The molecule has 5 nitrogen and oxygen atoms in total. The number of methoxy groups -OCH3 is 1. The van der Waals surface area contributed by atoms with Gasteiger partial charge in [0.05, 0.1) is 23.2 Å².